The van der Waals surface area contributed by atoms with Crippen molar-refractivity contribution in [3.05, 3.63) is 47.6 Å². The zero-order chi connectivity index (χ0) is 9.10. The van der Waals surface area contributed by atoms with Crippen LogP contribution in [-0.2, 0) is 0 Å². The van der Waals surface area contributed by atoms with E-state index in [9.17, 15) is 4.39 Å². The van der Waals surface area contributed by atoms with Gasteiger partial charge in [-0.1, -0.05) is 17.8 Å². The largest absolute Gasteiger partial charge is 0.207 e. The minimum absolute atomic E-state index is 0.185. The van der Waals surface area contributed by atoms with Crippen LogP contribution in [0.5, 0.6) is 0 Å². The Hall–Kier alpha value is -0.800. The lowest BCUT2D eigenvalue weighted by Crippen LogP contribution is -1.72. The van der Waals surface area contributed by atoms with Gasteiger partial charge in [-0.15, -0.1) is 11.3 Å². The summed E-state index contributed by atoms with van der Waals surface area (Å²) >= 11 is 3.35. The molecule has 0 aliphatic carbocycles. The van der Waals surface area contributed by atoms with Gasteiger partial charge in [0.1, 0.15) is 5.82 Å². The lowest BCUT2D eigenvalue weighted by atomic mass is 10.4. The fourth-order valence-electron chi connectivity index (χ4n) is 0.940. The van der Waals surface area contributed by atoms with E-state index in [2.05, 4.69) is 6.07 Å². The van der Waals surface area contributed by atoms with Crippen LogP contribution in [0.25, 0.3) is 0 Å². The van der Waals surface area contributed by atoms with Gasteiger partial charge in [0.15, 0.2) is 0 Å². The second-order valence-electron chi connectivity index (χ2n) is 2.49. The van der Waals surface area contributed by atoms with Crippen molar-refractivity contribution in [2.45, 2.75) is 9.10 Å². The number of thiophene rings is 1. The van der Waals surface area contributed by atoms with Gasteiger partial charge < -0.3 is 0 Å². The first-order chi connectivity index (χ1) is 6.34. The van der Waals surface area contributed by atoms with Crippen molar-refractivity contribution >= 4 is 23.1 Å². The summed E-state index contributed by atoms with van der Waals surface area (Å²) < 4.78 is 13.8. The first-order valence-corrected chi connectivity index (χ1v) is 5.51. The maximum absolute atomic E-state index is 12.6. The monoisotopic (exact) mass is 210 g/mol. The molecule has 0 N–H and O–H groups in total. The van der Waals surface area contributed by atoms with Crippen molar-refractivity contribution in [3.63, 3.8) is 0 Å². The maximum Gasteiger partial charge on any atom is 0.123 e. The summed E-state index contributed by atoms with van der Waals surface area (Å²) in [6, 6.07) is 10.6. The minimum Gasteiger partial charge on any atom is -0.207 e. The SMILES string of the molecule is Fc1ccc(Sc2cccs2)cc1. The Morgan fingerprint density at radius 1 is 1.08 bits per heavy atom. The Bertz CT molecular complexity index is 364. The molecular weight excluding hydrogens is 203 g/mol. The standard InChI is InChI=1S/C10H7FS2/c11-8-3-5-9(6-4-8)13-10-2-1-7-12-10/h1-7H. The summed E-state index contributed by atoms with van der Waals surface area (Å²) in [6.45, 7) is 0. The normalized spacial score (nSPS) is 10.2. The van der Waals surface area contributed by atoms with Crippen molar-refractivity contribution in [1.82, 2.24) is 0 Å². The van der Waals surface area contributed by atoms with E-state index in [0.29, 0.717) is 0 Å². The summed E-state index contributed by atoms with van der Waals surface area (Å²) in [7, 11) is 0. The van der Waals surface area contributed by atoms with Crippen LogP contribution in [0, 0.1) is 5.82 Å². The van der Waals surface area contributed by atoms with E-state index in [1.54, 1.807) is 35.2 Å². The Morgan fingerprint density at radius 2 is 1.85 bits per heavy atom. The van der Waals surface area contributed by atoms with Crippen LogP contribution in [0.2, 0.25) is 0 Å². The fraction of sp³-hybridized carbons (Fsp3) is 0. The maximum atomic E-state index is 12.6. The van der Waals surface area contributed by atoms with Gasteiger partial charge in [-0.05, 0) is 35.7 Å². The molecule has 1 heterocycles. The first kappa shape index (κ1) is 8.78. The molecule has 0 saturated carbocycles. The summed E-state index contributed by atoms with van der Waals surface area (Å²) in [5.41, 5.74) is 0. The quantitative estimate of drug-likeness (QED) is 0.721. The first-order valence-electron chi connectivity index (χ1n) is 3.81. The molecule has 1 aromatic carbocycles. The Labute approximate surface area is 84.4 Å². The Morgan fingerprint density at radius 3 is 2.46 bits per heavy atom. The molecule has 0 aliphatic rings. The van der Waals surface area contributed by atoms with Crippen molar-refractivity contribution in [1.29, 1.82) is 0 Å². The third-order valence-corrected chi connectivity index (χ3v) is 3.57. The molecule has 3 heteroatoms. The van der Waals surface area contributed by atoms with Gasteiger partial charge in [0.25, 0.3) is 0 Å². The highest BCUT2D eigenvalue weighted by atomic mass is 32.2. The molecule has 0 nitrogen and oxygen atoms in total. The lowest BCUT2D eigenvalue weighted by molar-refractivity contribution is 0.626. The average Bonchev–Trinajstić information content (AvgIpc) is 2.62. The summed E-state index contributed by atoms with van der Waals surface area (Å²) in [6.07, 6.45) is 0. The molecule has 1 aromatic heterocycles. The molecular formula is C10H7FS2. The third kappa shape index (κ3) is 2.32. The highest BCUT2D eigenvalue weighted by molar-refractivity contribution is 8.01. The fourth-order valence-corrected chi connectivity index (χ4v) is 2.69. The zero-order valence-corrected chi connectivity index (χ0v) is 8.37. The molecule has 13 heavy (non-hydrogen) atoms. The van der Waals surface area contributed by atoms with Crippen LogP contribution < -0.4 is 0 Å². The van der Waals surface area contributed by atoms with E-state index in [1.165, 1.54) is 16.3 Å². The molecule has 2 rings (SSSR count). The highest BCUT2D eigenvalue weighted by Crippen LogP contribution is 2.30. The van der Waals surface area contributed by atoms with Crippen molar-refractivity contribution < 1.29 is 4.39 Å². The van der Waals surface area contributed by atoms with Crippen molar-refractivity contribution in [3.8, 4) is 0 Å². The molecule has 0 saturated heterocycles. The van der Waals surface area contributed by atoms with Gasteiger partial charge in [-0.2, -0.15) is 0 Å². The molecule has 0 aliphatic heterocycles. The predicted molar refractivity (Wildman–Crippen MR) is 54.8 cm³/mol. The Balaban J connectivity index is 2.15. The van der Waals surface area contributed by atoms with E-state index < -0.39 is 0 Å². The number of hydrogen-bond acceptors (Lipinski definition) is 2. The molecule has 0 unspecified atom stereocenters. The minimum atomic E-state index is -0.185. The number of rotatable bonds is 2. The zero-order valence-electron chi connectivity index (χ0n) is 6.74. The van der Waals surface area contributed by atoms with Gasteiger partial charge in [0.05, 0.1) is 4.21 Å². The summed E-state index contributed by atoms with van der Waals surface area (Å²) in [4.78, 5) is 1.07. The molecule has 0 amide bonds. The van der Waals surface area contributed by atoms with E-state index in [0.717, 1.165) is 4.90 Å². The molecule has 2 aromatic rings. The average molecular weight is 210 g/mol. The van der Waals surface area contributed by atoms with Crippen LogP contribution in [0.1, 0.15) is 0 Å². The van der Waals surface area contributed by atoms with E-state index in [1.807, 2.05) is 11.4 Å². The topological polar surface area (TPSA) is 0 Å². The van der Waals surface area contributed by atoms with E-state index in [4.69, 9.17) is 0 Å². The number of halogens is 1. The second kappa shape index (κ2) is 3.94. The molecule has 0 spiro atoms. The molecule has 0 radical (unpaired) electrons. The predicted octanol–water partition coefficient (Wildman–Crippen LogP) is 4.04. The van der Waals surface area contributed by atoms with Crippen LogP contribution in [0.3, 0.4) is 0 Å². The van der Waals surface area contributed by atoms with Crippen molar-refractivity contribution in [2.24, 2.45) is 0 Å². The van der Waals surface area contributed by atoms with Crippen LogP contribution >= 0.6 is 23.1 Å². The van der Waals surface area contributed by atoms with Gasteiger partial charge in [-0.25, -0.2) is 4.39 Å². The number of benzene rings is 1. The Kier molecular flexibility index (Phi) is 2.66. The third-order valence-electron chi connectivity index (χ3n) is 1.53. The highest BCUT2D eigenvalue weighted by Gasteiger charge is 1.97. The van der Waals surface area contributed by atoms with Gasteiger partial charge in [0.2, 0.25) is 0 Å². The smallest absolute Gasteiger partial charge is 0.123 e. The van der Waals surface area contributed by atoms with Crippen molar-refractivity contribution in [2.75, 3.05) is 0 Å². The van der Waals surface area contributed by atoms with Crippen LogP contribution in [0.15, 0.2) is 50.9 Å². The van der Waals surface area contributed by atoms with Crippen LogP contribution in [0.4, 0.5) is 4.39 Å². The van der Waals surface area contributed by atoms with Gasteiger partial charge in [-0.3, -0.25) is 0 Å². The number of hydrogen-bond donors (Lipinski definition) is 0. The lowest BCUT2D eigenvalue weighted by Gasteiger charge is -1.96. The van der Waals surface area contributed by atoms with Gasteiger partial charge >= 0.3 is 0 Å². The van der Waals surface area contributed by atoms with E-state index in [-0.39, 0.29) is 5.82 Å². The van der Waals surface area contributed by atoms with Crippen LogP contribution in [-0.4, -0.2) is 0 Å². The molecule has 66 valence electrons. The summed E-state index contributed by atoms with van der Waals surface area (Å²) in [5.74, 6) is -0.185. The molecule has 0 fully saturated rings. The summed E-state index contributed by atoms with van der Waals surface area (Å²) in [5, 5.41) is 2.03. The van der Waals surface area contributed by atoms with Gasteiger partial charge in [0, 0.05) is 4.90 Å². The second-order valence-corrected chi connectivity index (χ2v) is 4.81. The molecule has 0 bridgehead atoms. The molecule has 0 atom stereocenters. The van der Waals surface area contributed by atoms with E-state index >= 15 is 0 Å².